The van der Waals surface area contributed by atoms with Crippen molar-refractivity contribution in [3.05, 3.63) is 58.6 Å². The number of nitrogens with two attached hydrogens (primary N) is 1. The fraction of sp³-hybridized carbons (Fsp3) is 0.400. The minimum absolute atomic E-state index is 0. The summed E-state index contributed by atoms with van der Waals surface area (Å²) in [7, 11) is 3.23. The van der Waals surface area contributed by atoms with Crippen LogP contribution in [-0.2, 0) is 6.54 Å². The predicted molar refractivity (Wildman–Crippen MR) is 109 cm³/mol. The lowest BCUT2D eigenvalue weighted by molar-refractivity contribution is 0.314. The molecule has 0 amide bonds. The summed E-state index contributed by atoms with van der Waals surface area (Å²) in [4.78, 5) is 2.42. The summed E-state index contributed by atoms with van der Waals surface area (Å²) in [6.45, 7) is 3.42. The van der Waals surface area contributed by atoms with Crippen molar-refractivity contribution in [2.24, 2.45) is 11.7 Å². The van der Waals surface area contributed by atoms with Crippen LogP contribution in [-0.4, -0.2) is 38.8 Å². The molecule has 0 saturated carbocycles. The molecule has 142 valence electrons. The van der Waals surface area contributed by atoms with Crippen LogP contribution in [0.5, 0.6) is 11.5 Å². The molecule has 1 heterocycles. The molecule has 2 atom stereocenters. The van der Waals surface area contributed by atoms with Crippen molar-refractivity contribution < 1.29 is 9.47 Å². The number of benzene rings is 2. The average molecular weight is 397 g/mol. The second kappa shape index (κ2) is 9.47. The van der Waals surface area contributed by atoms with E-state index in [1.165, 1.54) is 5.56 Å². The van der Waals surface area contributed by atoms with Crippen molar-refractivity contribution >= 4 is 24.0 Å². The Kier molecular flexibility index (Phi) is 7.59. The molecule has 2 N–H and O–H groups in total. The number of likely N-dealkylation sites (tertiary alicyclic amines) is 1. The third-order valence-electron chi connectivity index (χ3n) is 5.01. The smallest absolute Gasteiger partial charge is 0.179 e. The maximum atomic E-state index is 6.54. The van der Waals surface area contributed by atoms with Crippen molar-refractivity contribution in [1.29, 1.82) is 0 Å². The molecule has 3 rings (SSSR count). The quantitative estimate of drug-likeness (QED) is 0.802. The lowest BCUT2D eigenvalue weighted by Crippen LogP contribution is -2.23. The van der Waals surface area contributed by atoms with E-state index in [2.05, 4.69) is 35.2 Å². The highest BCUT2D eigenvalue weighted by atomic mass is 35.5. The van der Waals surface area contributed by atoms with E-state index in [4.69, 9.17) is 26.8 Å². The van der Waals surface area contributed by atoms with Gasteiger partial charge >= 0.3 is 0 Å². The Hall–Kier alpha value is -1.46. The van der Waals surface area contributed by atoms with E-state index in [-0.39, 0.29) is 12.4 Å². The Morgan fingerprint density at radius 3 is 2.42 bits per heavy atom. The molecule has 2 aromatic rings. The molecule has 0 radical (unpaired) electrons. The molecular weight excluding hydrogens is 371 g/mol. The van der Waals surface area contributed by atoms with Gasteiger partial charge in [-0.15, -0.1) is 12.4 Å². The number of nitrogens with zero attached hydrogens (tertiary/aromatic N) is 1. The lowest BCUT2D eigenvalue weighted by Gasteiger charge is -2.19. The zero-order valence-electron chi connectivity index (χ0n) is 15.2. The maximum Gasteiger partial charge on any atom is 0.179 e. The van der Waals surface area contributed by atoms with E-state index in [1.54, 1.807) is 14.2 Å². The molecule has 6 heteroatoms. The van der Waals surface area contributed by atoms with Gasteiger partial charge < -0.3 is 15.2 Å². The zero-order chi connectivity index (χ0) is 17.8. The molecule has 1 aliphatic rings. The van der Waals surface area contributed by atoms with E-state index < -0.39 is 0 Å². The molecule has 0 aromatic heterocycles. The largest absolute Gasteiger partial charge is 0.493 e. The van der Waals surface area contributed by atoms with Gasteiger partial charge in [0.15, 0.2) is 11.5 Å². The van der Waals surface area contributed by atoms with Gasteiger partial charge in [0.1, 0.15) is 0 Å². The van der Waals surface area contributed by atoms with Gasteiger partial charge in [0.2, 0.25) is 0 Å². The molecule has 1 fully saturated rings. The van der Waals surface area contributed by atoms with Crippen molar-refractivity contribution in [2.75, 3.05) is 33.9 Å². The van der Waals surface area contributed by atoms with Crippen LogP contribution in [0.25, 0.3) is 0 Å². The Morgan fingerprint density at radius 1 is 1.08 bits per heavy atom. The molecule has 0 unspecified atom stereocenters. The third kappa shape index (κ3) is 4.26. The highest BCUT2D eigenvalue weighted by Crippen LogP contribution is 2.39. The monoisotopic (exact) mass is 396 g/mol. The zero-order valence-corrected chi connectivity index (χ0v) is 16.7. The highest BCUT2D eigenvalue weighted by Gasteiger charge is 2.33. The first-order valence-corrected chi connectivity index (χ1v) is 8.92. The average Bonchev–Trinajstić information content (AvgIpc) is 3.07. The first kappa shape index (κ1) is 20.8. The minimum Gasteiger partial charge on any atom is -0.493 e. The number of ether oxygens (including phenoxy) is 2. The Labute approximate surface area is 166 Å². The van der Waals surface area contributed by atoms with E-state index in [1.807, 2.05) is 12.1 Å². The molecule has 1 saturated heterocycles. The SMILES string of the molecule is COc1ccc(CN2C[C@@H](CN)[C@H](c3ccccc3)C2)c(Cl)c1OC.Cl. The van der Waals surface area contributed by atoms with Crippen LogP contribution in [0.3, 0.4) is 0 Å². The lowest BCUT2D eigenvalue weighted by atomic mass is 9.89. The molecule has 1 aliphatic heterocycles. The highest BCUT2D eigenvalue weighted by molar-refractivity contribution is 6.33. The van der Waals surface area contributed by atoms with Crippen LogP contribution in [0.4, 0.5) is 0 Å². The van der Waals surface area contributed by atoms with Gasteiger partial charge in [-0.1, -0.05) is 48.0 Å². The van der Waals surface area contributed by atoms with Crippen LogP contribution in [0.15, 0.2) is 42.5 Å². The van der Waals surface area contributed by atoms with Crippen molar-refractivity contribution in [1.82, 2.24) is 4.90 Å². The third-order valence-corrected chi connectivity index (χ3v) is 5.42. The maximum absolute atomic E-state index is 6.54. The minimum atomic E-state index is 0. The Morgan fingerprint density at radius 2 is 1.81 bits per heavy atom. The number of halogens is 2. The second-order valence-electron chi connectivity index (χ2n) is 6.48. The van der Waals surface area contributed by atoms with Gasteiger partial charge in [0.05, 0.1) is 19.2 Å². The van der Waals surface area contributed by atoms with Gasteiger partial charge in [-0.2, -0.15) is 0 Å². The van der Waals surface area contributed by atoms with Gasteiger partial charge in [-0.25, -0.2) is 0 Å². The summed E-state index contributed by atoms with van der Waals surface area (Å²) in [6, 6.07) is 14.5. The summed E-state index contributed by atoms with van der Waals surface area (Å²) in [6.07, 6.45) is 0. The van der Waals surface area contributed by atoms with Gasteiger partial charge in [-0.05, 0) is 29.7 Å². The number of hydrogen-bond donors (Lipinski definition) is 1. The molecule has 2 aromatic carbocycles. The summed E-state index contributed by atoms with van der Waals surface area (Å²) >= 11 is 6.54. The van der Waals surface area contributed by atoms with E-state index in [0.717, 1.165) is 25.2 Å². The summed E-state index contributed by atoms with van der Waals surface area (Å²) in [5.74, 6) is 2.17. The Balaban J connectivity index is 0.00000243. The number of rotatable bonds is 6. The summed E-state index contributed by atoms with van der Waals surface area (Å²) in [5.41, 5.74) is 8.45. The van der Waals surface area contributed by atoms with Crippen molar-refractivity contribution in [3.63, 3.8) is 0 Å². The van der Waals surface area contributed by atoms with Crippen LogP contribution in [0.2, 0.25) is 5.02 Å². The van der Waals surface area contributed by atoms with Gasteiger partial charge in [-0.3, -0.25) is 4.90 Å². The topological polar surface area (TPSA) is 47.7 Å². The summed E-state index contributed by atoms with van der Waals surface area (Å²) in [5, 5.41) is 0.620. The second-order valence-corrected chi connectivity index (χ2v) is 6.86. The normalized spacial score (nSPS) is 19.8. The summed E-state index contributed by atoms with van der Waals surface area (Å²) < 4.78 is 10.7. The van der Waals surface area contributed by atoms with E-state index in [9.17, 15) is 0 Å². The Bertz CT molecular complexity index is 712. The van der Waals surface area contributed by atoms with E-state index in [0.29, 0.717) is 34.9 Å². The molecule has 26 heavy (non-hydrogen) atoms. The van der Waals surface area contributed by atoms with Crippen LogP contribution in [0, 0.1) is 5.92 Å². The standard InChI is InChI=1S/C20H25ClN2O2.ClH/c1-24-18-9-8-15(19(21)20(18)25-2)11-23-12-16(10-22)17(13-23)14-6-4-3-5-7-14;/h3-9,16-17H,10-13,22H2,1-2H3;1H/t16-,17+;/m1./s1. The number of hydrogen-bond acceptors (Lipinski definition) is 4. The number of methoxy groups -OCH3 is 2. The molecular formula is C20H26Cl2N2O2. The molecule has 0 aliphatic carbocycles. The van der Waals surface area contributed by atoms with Crippen LogP contribution >= 0.6 is 24.0 Å². The van der Waals surface area contributed by atoms with E-state index >= 15 is 0 Å². The first-order valence-electron chi connectivity index (χ1n) is 8.54. The van der Waals surface area contributed by atoms with Crippen molar-refractivity contribution in [3.8, 4) is 11.5 Å². The first-order chi connectivity index (χ1) is 12.2. The van der Waals surface area contributed by atoms with Gasteiger partial charge in [0.25, 0.3) is 0 Å². The van der Waals surface area contributed by atoms with Gasteiger partial charge in [0, 0.05) is 25.6 Å². The van der Waals surface area contributed by atoms with Crippen LogP contribution in [0.1, 0.15) is 17.0 Å². The van der Waals surface area contributed by atoms with Crippen molar-refractivity contribution in [2.45, 2.75) is 12.5 Å². The van der Waals surface area contributed by atoms with Crippen LogP contribution < -0.4 is 15.2 Å². The molecule has 0 bridgehead atoms. The molecule has 4 nitrogen and oxygen atoms in total. The molecule has 0 spiro atoms. The fourth-order valence-electron chi connectivity index (χ4n) is 3.70. The fourth-order valence-corrected chi connectivity index (χ4v) is 3.99. The predicted octanol–water partition coefficient (Wildman–Crippen LogP) is 3.95.